The minimum absolute atomic E-state index is 0.183. The number of piperidine rings is 1. The van der Waals surface area contributed by atoms with E-state index >= 15 is 0 Å². The van der Waals surface area contributed by atoms with Crippen molar-refractivity contribution >= 4 is 5.91 Å². The molecule has 0 radical (unpaired) electrons. The topological polar surface area (TPSA) is 61.4 Å². The van der Waals surface area contributed by atoms with Gasteiger partial charge in [-0.3, -0.25) is 10.0 Å². The molecule has 70 valence electrons. The Morgan fingerprint density at radius 3 is 2.83 bits per heavy atom. The molecule has 0 saturated carbocycles. The number of hydrogen-bond acceptors (Lipinski definition) is 3. The molecule has 1 rings (SSSR count). The third kappa shape index (κ3) is 2.12. The molecule has 0 aromatic rings. The van der Waals surface area contributed by atoms with Crippen molar-refractivity contribution in [1.29, 1.82) is 0 Å². The van der Waals surface area contributed by atoms with E-state index in [2.05, 4.69) is 5.32 Å². The van der Waals surface area contributed by atoms with Gasteiger partial charge in [0.05, 0.1) is 12.5 Å². The SMILES string of the molecule is O=C(NO)C1CNCC(F)(F)C1. The summed E-state index contributed by atoms with van der Waals surface area (Å²) in [6.45, 7) is -0.218. The molecule has 0 aromatic carbocycles. The highest BCUT2D eigenvalue weighted by atomic mass is 19.3. The zero-order valence-corrected chi connectivity index (χ0v) is 6.31. The van der Waals surface area contributed by atoms with Crippen LogP contribution in [0.5, 0.6) is 0 Å². The molecule has 1 aliphatic rings. The van der Waals surface area contributed by atoms with Crippen molar-refractivity contribution in [3.8, 4) is 0 Å². The van der Waals surface area contributed by atoms with Crippen LogP contribution in [-0.4, -0.2) is 30.1 Å². The Labute approximate surface area is 67.9 Å². The van der Waals surface area contributed by atoms with Crippen LogP contribution in [0.25, 0.3) is 0 Å². The second-order valence-corrected chi connectivity index (χ2v) is 2.86. The lowest BCUT2D eigenvalue weighted by atomic mass is 9.96. The van der Waals surface area contributed by atoms with Crippen LogP contribution in [-0.2, 0) is 4.79 Å². The first-order valence-corrected chi connectivity index (χ1v) is 3.58. The summed E-state index contributed by atoms with van der Waals surface area (Å²) >= 11 is 0. The van der Waals surface area contributed by atoms with Gasteiger partial charge in [0.2, 0.25) is 5.91 Å². The molecule has 6 heteroatoms. The molecule has 4 nitrogen and oxygen atoms in total. The number of carbonyl (C=O) groups excluding carboxylic acids is 1. The van der Waals surface area contributed by atoms with Gasteiger partial charge in [-0.2, -0.15) is 0 Å². The Balaban J connectivity index is 2.52. The number of alkyl halides is 2. The van der Waals surface area contributed by atoms with Gasteiger partial charge in [0.15, 0.2) is 0 Å². The molecular weight excluding hydrogens is 170 g/mol. The number of amides is 1. The zero-order chi connectivity index (χ0) is 9.19. The monoisotopic (exact) mass is 180 g/mol. The van der Waals surface area contributed by atoms with Gasteiger partial charge in [-0.15, -0.1) is 0 Å². The van der Waals surface area contributed by atoms with Crippen LogP contribution in [0.3, 0.4) is 0 Å². The molecule has 1 atom stereocenters. The van der Waals surface area contributed by atoms with E-state index in [0.29, 0.717) is 0 Å². The van der Waals surface area contributed by atoms with E-state index in [0.717, 1.165) is 0 Å². The first kappa shape index (κ1) is 9.34. The molecule has 1 unspecified atom stereocenters. The molecule has 12 heavy (non-hydrogen) atoms. The van der Waals surface area contributed by atoms with Crippen LogP contribution in [0.15, 0.2) is 0 Å². The van der Waals surface area contributed by atoms with Crippen LogP contribution in [0, 0.1) is 5.92 Å². The maximum Gasteiger partial charge on any atom is 0.261 e. The Morgan fingerprint density at radius 1 is 1.67 bits per heavy atom. The van der Waals surface area contributed by atoms with Crippen LogP contribution in [0.4, 0.5) is 8.78 Å². The maximum atomic E-state index is 12.6. The van der Waals surface area contributed by atoms with Crippen LogP contribution in [0.1, 0.15) is 6.42 Å². The molecule has 1 heterocycles. The van der Waals surface area contributed by atoms with Crippen molar-refractivity contribution in [2.24, 2.45) is 5.92 Å². The number of rotatable bonds is 1. The van der Waals surface area contributed by atoms with Crippen molar-refractivity contribution in [1.82, 2.24) is 10.8 Å². The molecular formula is C6H10F2N2O2. The standard InChI is InChI=1S/C6H10F2N2O2/c7-6(8)1-4(2-9-3-6)5(11)10-12/h4,9,12H,1-3H2,(H,10,11). The number of halogens is 2. The molecule has 1 amide bonds. The summed E-state index contributed by atoms with van der Waals surface area (Å²) in [7, 11) is 0. The van der Waals surface area contributed by atoms with Gasteiger partial charge in [0, 0.05) is 13.0 Å². The van der Waals surface area contributed by atoms with Gasteiger partial charge < -0.3 is 5.32 Å². The number of hydrogen-bond donors (Lipinski definition) is 3. The molecule has 1 saturated heterocycles. The largest absolute Gasteiger partial charge is 0.310 e. The molecule has 0 spiro atoms. The van der Waals surface area contributed by atoms with Crippen molar-refractivity contribution < 1.29 is 18.8 Å². The van der Waals surface area contributed by atoms with Crippen LogP contribution < -0.4 is 10.8 Å². The number of nitrogens with one attached hydrogen (secondary N) is 2. The summed E-state index contributed by atoms with van der Waals surface area (Å²) < 4.78 is 25.3. The van der Waals surface area contributed by atoms with Gasteiger partial charge in [0.1, 0.15) is 0 Å². The second kappa shape index (κ2) is 3.32. The first-order valence-electron chi connectivity index (χ1n) is 3.58. The molecule has 1 fully saturated rings. The summed E-state index contributed by atoms with van der Waals surface area (Å²) in [4.78, 5) is 10.7. The fraction of sp³-hybridized carbons (Fsp3) is 0.833. The Kier molecular flexibility index (Phi) is 2.58. The van der Waals surface area contributed by atoms with E-state index in [9.17, 15) is 13.6 Å². The first-order chi connectivity index (χ1) is 5.55. The maximum absolute atomic E-state index is 12.6. The number of carbonyl (C=O) groups is 1. The third-order valence-electron chi connectivity index (χ3n) is 1.80. The quantitative estimate of drug-likeness (QED) is 0.384. The normalized spacial score (nSPS) is 28.1. The van der Waals surface area contributed by atoms with Crippen molar-refractivity contribution in [3.05, 3.63) is 0 Å². The van der Waals surface area contributed by atoms with Gasteiger partial charge in [-0.1, -0.05) is 0 Å². The summed E-state index contributed by atoms with van der Waals surface area (Å²) in [5, 5.41) is 10.6. The zero-order valence-electron chi connectivity index (χ0n) is 6.31. The molecule has 0 bridgehead atoms. The predicted octanol–water partition coefficient (Wildman–Crippen LogP) is -0.263. The molecule has 3 N–H and O–H groups in total. The predicted molar refractivity (Wildman–Crippen MR) is 35.9 cm³/mol. The summed E-state index contributed by atoms with van der Waals surface area (Å²) in [5.74, 6) is -4.46. The van der Waals surface area contributed by atoms with Gasteiger partial charge in [-0.05, 0) is 0 Å². The molecule has 1 aliphatic heterocycles. The van der Waals surface area contributed by atoms with E-state index in [1.54, 1.807) is 0 Å². The van der Waals surface area contributed by atoms with Gasteiger partial charge >= 0.3 is 0 Å². The Morgan fingerprint density at radius 2 is 2.33 bits per heavy atom. The van der Waals surface area contributed by atoms with E-state index in [1.165, 1.54) is 5.48 Å². The van der Waals surface area contributed by atoms with E-state index in [1.807, 2.05) is 0 Å². The van der Waals surface area contributed by atoms with E-state index < -0.39 is 30.7 Å². The average Bonchev–Trinajstić information content (AvgIpc) is 2.01. The lowest BCUT2D eigenvalue weighted by Crippen LogP contribution is -2.48. The second-order valence-electron chi connectivity index (χ2n) is 2.86. The highest BCUT2D eigenvalue weighted by molar-refractivity contribution is 5.77. The number of hydroxylamine groups is 1. The summed E-state index contributed by atoms with van der Waals surface area (Å²) in [5.41, 5.74) is 1.36. The smallest absolute Gasteiger partial charge is 0.261 e. The average molecular weight is 180 g/mol. The minimum Gasteiger partial charge on any atom is -0.310 e. The Bertz CT molecular complexity index is 186. The lowest BCUT2D eigenvalue weighted by molar-refractivity contribution is -0.138. The van der Waals surface area contributed by atoms with Crippen molar-refractivity contribution in [3.63, 3.8) is 0 Å². The fourth-order valence-corrected chi connectivity index (χ4v) is 1.21. The summed E-state index contributed by atoms with van der Waals surface area (Å²) in [6, 6.07) is 0. The van der Waals surface area contributed by atoms with Crippen molar-refractivity contribution in [2.45, 2.75) is 12.3 Å². The Hall–Kier alpha value is -0.750. The van der Waals surface area contributed by atoms with Gasteiger partial charge in [-0.25, -0.2) is 14.3 Å². The van der Waals surface area contributed by atoms with Gasteiger partial charge in [0.25, 0.3) is 5.92 Å². The highest BCUT2D eigenvalue weighted by Gasteiger charge is 2.38. The van der Waals surface area contributed by atoms with E-state index in [-0.39, 0.29) is 6.54 Å². The van der Waals surface area contributed by atoms with Crippen LogP contribution >= 0.6 is 0 Å². The van der Waals surface area contributed by atoms with E-state index in [4.69, 9.17) is 5.21 Å². The summed E-state index contributed by atoms with van der Waals surface area (Å²) in [6.07, 6.45) is -0.508. The lowest BCUT2D eigenvalue weighted by Gasteiger charge is -2.28. The van der Waals surface area contributed by atoms with Crippen LogP contribution in [0.2, 0.25) is 0 Å². The highest BCUT2D eigenvalue weighted by Crippen LogP contribution is 2.25. The third-order valence-corrected chi connectivity index (χ3v) is 1.80. The fourth-order valence-electron chi connectivity index (χ4n) is 1.21. The molecule has 0 aliphatic carbocycles. The minimum atomic E-state index is -2.85. The van der Waals surface area contributed by atoms with Crippen molar-refractivity contribution in [2.75, 3.05) is 13.1 Å². The molecule has 0 aromatic heterocycles.